The second-order valence-corrected chi connectivity index (χ2v) is 10.4. The van der Waals surface area contributed by atoms with E-state index in [9.17, 15) is 19.7 Å². The molecule has 3 aliphatic heterocycles. The number of benzene rings is 3. The number of aryl methyl sites for hydroxylation is 1. The average molecular weight is 486 g/mol. The Kier molecular flexibility index (Phi) is 5.05. The molecule has 2 saturated heterocycles. The maximum Gasteiger partial charge on any atom is 0.269 e. The van der Waals surface area contributed by atoms with Gasteiger partial charge in [0.2, 0.25) is 5.91 Å². The number of Topliss-reactive ketones (excluding diaryl/α,β-unsaturated/α-hetero) is 1. The van der Waals surface area contributed by atoms with E-state index in [-0.39, 0.29) is 29.3 Å². The number of thioether (sulfide) groups is 1. The number of nitrogens with one attached hydrogen (secondary N) is 1. The first-order valence-corrected chi connectivity index (χ1v) is 12.7. The standard InChI is InChI=1S/C27H23N3O4S/c1-16-6-8-18(9-7-16)25(31)24-23(17-10-12-19(13-11-17)30(33)34)22-14-35-15-29(22)27(24)20-4-2-3-5-21(20)28-26(27)32/h2-13,22-24H,14-15H2,1H3,(H,28,32)/t22-,23+,24-,27-/m0/s1. The smallest absolute Gasteiger partial charge is 0.269 e. The molecule has 2 fully saturated rings. The number of fused-ring (bicyclic) bond motifs is 4. The second-order valence-electron chi connectivity index (χ2n) is 9.39. The van der Waals surface area contributed by atoms with E-state index in [1.54, 1.807) is 23.9 Å². The summed E-state index contributed by atoms with van der Waals surface area (Å²) in [5, 5.41) is 14.3. The maximum absolute atomic E-state index is 14.3. The number of hydrogen-bond acceptors (Lipinski definition) is 6. The summed E-state index contributed by atoms with van der Waals surface area (Å²) in [7, 11) is 0. The van der Waals surface area contributed by atoms with Crippen LogP contribution in [0.1, 0.15) is 33.0 Å². The zero-order valence-corrected chi connectivity index (χ0v) is 19.8. The summed E-state index contributed by atoms with van der Waals surface area (Å²) in [5.41, 5.74) is 2.89. The molecular weight excluding hydrogens is 462 g/mol. The summed E-state index contributed by atoms with van der Waals surface area (Å²) >= 11 is 1.75. The van der Waals surface area contributed by atoms with Gasteiger partial charge in [-0.25, -0.2) is 0 Å². The van der Waals surface area contributed by atoms with Crippen LogP contribution in [0.2, 0.25) is 0 Å². The topological polar surface area (TPSA) is 92.5 Å². The third kappa shape index (κ3) is 3.10. The molecule has 0 bridgehead atoms. The molecule has 0 aliphatic carbocycles. The van der Waals surface area contributed by atoms with Gasteiger partial charge in [-0.15, -0.1) is 11.8 Å². The van der Waals surface area contributed by atoms with Gasteiger partial charge in [-0.3, -0.25) is 24.6 Å². The van der Waals surface area contributed by atoms with Gasteiger partial charge in [-0.1, -0.05) is 60.2 Å². The van der Waals surface area contributed by atoms with Crippen molar-refractivity contribution in [2.45, 2.75) is 24.4 Å². The minimum atomic E-state index is -1.14. The summed E-state index contributed by atoms with van der Waals surface area (Å²) in [5.74, 6) is 0.169. The Bertz CT molecular complexity index is 1360. The number of hydrogen-bond donors (Lipinski definition) is 1. The molecule has 0 saturated carbocycles. The van der Waals surface area contributed by atoms with Crippen molar-refractivity contribution in [1.82, 2.24) is 4.90 Å². The van der Waals surface area contributed by atoms with Gasteiger partial charge < -0.3 is 5.32 Å². The van der Waals surface area contributed by atoms with Crippen molar-refractivity contribution in [3.8, 4) is 0 Å². The lowest BCUT2D eigenvalue weighted by Crippen LogP contribution is -2.52. The van der Waals surface area contributed by atoms with Crippen LogP contribution < -0.4 is 5.32 Å². The Morgan fingerprint density at radius 1 is 1.09 bits per heavy atom. The third-order valence-corrected chi connectivity index (χ3v) is 8.67. The Balaban J connectivity index is 1.58. The highest BCUT2D eigenvalue weighted by molar-refractivity contribution is 7.99. The van der Waals surface area contributed by atoms with Crippen LogP contribution in [0.25, 0.3) is 0 Å². The van der Waals surface area contributed by atoms with Gasteiger partial charge in [0.15, 0.2) is 5.78 Å². The predicted molar refractivity (Wildman–Crippen MR) is 135 cm³/mol. The number of ketones is 1. The summed E-state index contributed by atoms with van der Waals surface area (Å²) in [6.45, 7) is 1.97. The second kappa shape index (κ2) is 8.03. The molecular formula is C27H23N3O4S. The third-order valence-electron chi connectivity index (χ3n) is 7.64. The molecule has 4 atom stereocenters. The number of rotatable bonds is 4. The van der Waals surface area contributed by atoms with Crippen molar-refractivity contribution in [2.75, 3.05) is 16.9 Å². The van der Waals surface area contributed by atoms with E-state index < -0.39 is 16.4 Å². The summed E-state index contributed by atoms with van der Waals surface area (Å²) < 4.78 is 0. The molecule has 8 heteroatoms. The molecule has 1 N–H and O–H groups in total. The molecule has 3 aromatic carbocycles. The van der Waals surface area contributed by atoms with Crippen molar-refractivity contribution >= 4 is 34.8 Å². The quantitative estimate of drug-likeness (QED) is 0.327. The normalized spacial score (nSPS) is 27.0. The fourth-order valence-electron chi connectivity index (χ4n) is 6.12. The molecule has 6 rings (SSSR count). The van der Waals surface area contributed by atoms with Crippen LogP contribution >= 0.6 is 11.8 Å². The van der Waals surface area contributed by atoms with Crippen molar-refractivity contribution in [2.24, 2.45) is 5.92 Å². The highest BCUT2D eigenvalue weighted by Gasteiger charge is 2.69. The SMILES string of the molecule is Cc1ccc(C(=O)[C@@H]2[C@H](c3ccc([N+](=O)[O-])cc3)[C@@H]3CSCN3[C@]23C(=O)Nc2ccccc23)cc1. The largest absolute Gasteiger partial charge is 0.324 e. The summed E-state index contributed by atoms with van der Waals surface area (Å²) in [6, 6.07) is 21.5. The number of carbonyl (C=O) groups is 2. The fraction of sp³-hybridized carbons (Fsp3) is 0.259. The Hall–Kier alpha value is -3.49. The van der Waals surface area contributed by atoms with E-state index in [0.717, 1.165) is 28.1 Å². The van der Waals surface area contributed by atoms with E-state index in [1.807, 2.05) is 55.5 Å². The molecule has 7 nitrogen and oxygen atoms in total. The van der Waals surface area contributed by atoms with Crippen LogP contribution in [0.3, 0.4) is 0 Å². The highest BCUT2D eigenvalue weighted by atomic mass is 32.2. The van der Waals surface area contributed by atoms with E-state index in [1.165, 1.54) is 12.1 Å². The van der Waals surface area contributed by atoms with Crippen molar-refractivity contribution in [3.05, 3.63) is 105 Å². The van der Waals surface area contributed by atoms with Crippen LogP contribution in [0.5, 0.6) is 0 Å². The van der Waals surface area contributed by atoms with Crippen LogP contribution in [0, 0.1) is 23.0 Å². The summed E-state index contributed by atoms with van der Waals surface area (Å²) in [4.78, 5) is 41.3. The fourth-order valence-corrected chi connectivity index (χ4v) is 7.45. The summed E-state index contributed by atoms with van der Waals surface area (Å²) in [6.07, 6.45) is 0. The minimum Gasteiger partial charge on any atom is -0.324 e. The van der Waals surface area contributed by atoms with Crippen molar-refractivity contribution < 1.29 is 14.5 Å². The number of nitro benzene ring substituents is 1. The number of nitrogens with zero attached hydrogens (tertiary/aromatic N) is 2. The highest BCUT2D eigenvalue weighted by Crippen LogP contribution is 2.61. The van der Waals surface area contributed by atoms with Crippen molar-refractivity contribution in [1.29, 1.82) is 0 Å². The van der Waals surface area contributed by atoms with Gasteiger partial charge in [0, 0.05) is 52.5 Å². The van der Waals surface area contributed by atoms with Gasteiger partial charge in [-0.2, -0.15) is 0 Å². The molecule has 0 aromatic heterocycles. The lowest BCUT2D eigenvalue weighted by atomic mass is 9.69. The van der Waals surface area contributed by atoms with E-state index in [4.69, 9.17) is 0 Å². The van der Waals surface area contributed by atoms with Gasteiger partial charge in [0.25, 0.3) is 5.69 Å². The molecule has 3 aliphatic rings. The van der Waals surface area contributed by atoms with Crippen LogP contribution in [0.15, 0.2) is 72.8 Å². The number of carbonyl (C=O) groups excluding carboxylic acids is 2. The van der Waals surface area contributed by atoms with Gasteiger partial charge in [0.05, 0.1) is 10.8 Å². The Morgan fingerprint density at radius 2 is 1.80 bits per heavy atom. The van der Waals surface area contributed by atoms with Crippen LogP contribution in [0.4, 0.5) is 11.4 Å². The molecule has 1 spiro atoms. The molecule has 3 aromatic rings. The first kappa shape index (κ1) is 22.0. The molecule has 176 valence electrons. The van der Waals surface area contributed by atoms with Crippen LogP contribution in [-0.4, -0.2) is 39.2 Å². The average Bonchev–Trinajstić information content (AvgIpc) is 3.52. The number of non-ortho nitro benzene ring substituents is 1. The zero-order valence-electron chi connectivity index (χ0n) is 19.0. The van der Waals surface area contributed by atoms with Gasteiger partial charge in [-0.05, 0) is 18.6 Å². The number of para-hydroxylation sites is 1. The molecule has 3 heterocycles. The Labute approximate surface area is 206 Å². The molecule has 0 radical (unpaired) electrons. The van der Waals surface area contributed by atoms with Gasteiger partial charge >= 0.3 is 0 Å². The first-order chi connectivity index (χ1) is 16.9. The molecule has 35 heavy (non-hydrogen) atoms. The zero-order chi connectivity index (χ0) is 24.3. The predicted octanol–water partition coefficient (Wildman–Crippen LogP) is 4.72. The first-order valence-electron chi connectivity index (χ1n) is 11.5. The van der Waals surface area contributed by atoms with Crippen LogP contribution in [-0.2, 0) is 10.3 Å². The van der Waals surface area contributed by atoms with E-state index in [2.05, 4.69) is 10.2 Å². The van der Waals surface area contributed by atoms with E-state index in [0.29, 0.717) is 11.4 Å². The molecule has 1 amide bonds. The van der Waals surface area contributed by atoms with Crippen molar-refractivity contribution in [3.63, 3.8) is 0 Å². The number of nitro groups is 1. The minimum absolute atomic E-state index is 0.00415. The lowest BCUT2D eigenvalue weighted by Gasteiger charge is -2.36. The lowest BCUT2D eigenvalue weighted by molar-refractivity contribution is -0.384. The molecule has 0 unspecified atom stereocenters. The van der Waals surface area contributed by atoms with Gasteiger partial charge in [0.1, 0.15) is 5.54 Å². The number of amides is 1. The number of anilines is 1. The monoisotopic (exact) mass is 485 g/mol. The Morgan fingerprint density at radius 3 is 2.51 bits per heavy atom. The maximum atomic E-state index is 14.3. The van der Waals surface area contributed by atoms with E-state index >= 15 is 0 Å².